The molecule has 1 fully saturated rings. The smallest absolute Gasteiger partial charge is 0.335 e. The van der Waals surface area contributed by atoms with Crippen LogP contribution in [-0.2, 0) is 6.54 Å². The summed E-state index contributed by atoms with van der Waals surface area (Å²) in [6, 6.07) is 5.23. The van der Waals surface area contributed by atoms with Gasteiger partial charge in [0.1, 0.15) is 5.82 Å². The van der Waals surface area contributed by atoms with Gasteiger partial charge < -0.3 is 9.67 Å². The fourth-order valence-electron chi connectivity index (χ4n) is 2.47. The highest BCUT2D eigenvalue weighted by Crippen LogP contribution is 2.33. The Morgan fingerprint density at radius 3 is 2.79 bits per heavy atom. The van der Waals surface area contributed by atoms with E-state index in [2.05, 4.69) is 23.4 Å². The highest BCUT2D eigenvalue weighted by molar-refractivity contribution is 5.92. The van der Waals surface area contributed by atoms with Crippen LogP contribution in [0.4, 0.5) is 0 Å². The maximum Gasteiger partial charge on any atom is 0.335 e. The van der Waals surface area contributed by atoms with Gasteiger partial charge in [0.2, 0.25) is 0 Å². The van der Waals surface area contributed by atoms with Crippen molar-refractivity contribution < 1.29 is 9.90 Å². The molecule has 1 aromatic carbocycles. The number of benzene rings is 1. The van der Waals surface area contributed by atoms with Crippen LogP contribution in [0.3, 0.4) is 0 Å². The first kappa shape index (κ1) is 12.2. The standard InChI is InChI=1S/C15H18N2O2/c1-9(2)14-16-12-7-11(15(18)19)5-6-13(12)17(14)8-10-3-4-10/h5-7,9-10H,3-4,8H2,1-2H3,(H,18,19). The summed E-state index contributed by atoms with van der Waals surface area (Å²) in [5, 5.41) is 9.05. The van der Waals surface area contributed by atoms with Gasteiger partial charge in [-0.05, 0) is 37.0 Å². The summed E-state index contributed by atoms with van der Waals surface area (Å²) in [7, 11) is 0. The number of carboxylic acids is 1. The average Bonchev–Trinajstić information content (AvgIpc) is 3.09. The third-order valence-electron chi connectivity index (χ3n) is 3.68. The second kappa shape index (κ2) is 4.37. The molecule has 4 nitrogen and oxygen atoms in total. The lowest BCUT2D eigenvalue weighted by Gasteiger charge is -2.10. The van der Waals surface area contributed by atoms with Gasteiger partial charge in [0.15, 0.2) is 0 Å². The van der Waals surface area contributed by atoms with Crippen LogP contribution in [0.15, 0.2) is 18.2 Å². The van der Waals surface area contributed by atoms with E-state index in [1.165, 1.54) is 12.8 Å². The van der Waals surface area contributed by atoms with Crippen LogP contribution in [0, 0.1) is 5.92 Å². The Kier molecular flexibility index (Phi) is 2.81. The van der Waals surface area contributed by atoms with Crippen LogP contribution >= 0.6 is 0 Å². The van der Waals surface area contributed by atoms with E-state index >= 15 is 0 Å². The predicted molar refractivity (Wildman–Crippen MR) is 73.5 cm³/mol. The van der Waals surface area contributed by atoms with Gasteiger partial charge in [-0.25, -0.2) is 9.78 Å². The Morgan fingerprint density at radius 1 is 1.47 bits per heavy atom. The van der Waals surface area contributed by atoms with E-state index in [-0.39, 0.29) is 0 Å². The molecule has 0 saturated heterocycles. The largest absolute Gasteiger partial charge is 0.478 e. The molecule has 3 rings (SSSR count). The normalized spacial score (nSPS) is 15.3. The van der Waals surface area contributed by atoms with Crippen molar-refractivity contribution in [3.8, 4) is 0 Å². The molecule has 1 N–H and O–H groups in total. The lowest BCUT2D eigenvalue weighted by Crippen LogP contribution is -2.06. The van der Waals surface area contributed by atoms with Crippen molar-refractivity contribution in [2.45, 2.75) is 39.2 Å². The Labute approximate surface area is 112 Å². The number of fused-ring (bicyclic) bond motifs is 1. The molecule has 4 heteroatoms. The first-order valence-electron chi connectivity index (χ1n) is 6.79. The minimum absolute atomic E-state index is 0.305. The molecule has 0 amide bonds. The summed E-state index contributed by atoms with van der Waals surface area (Å²) in [5.74, 6) is 1.28. The first-order valence-corrected chi connectivity index (χ1v) is 6.79. The molecule has 0 bridgehead atoms. The molecule has 19 heavy (non-hydrogen) atoms. The summed E-state index contributed by atoms with van der Waals surface area (Å²) in [4.78, 5) is 15.7. The fourth-order valence-corrected chi connectivity index (χ4v) is 2.47. The van der Waals surface area contributed by atoms with E-state index in [0.29, 0.717) is 11.5 Å². The molecule has 0 aliphatic heterocycles. The molecule has 0 atom stereocenters. The van der Waals surface area contributed by atoms with Gasteiger partial charge in [0, 0.05) is 12.5 Å². The second-order valence-electron chi connectivity index (χ2n) is 5.69. The van der Waals surface area contributed by atoms with Gasteiger partial charge in [-0.3, -0.25) is 0 Å². The Balaban J connectivity index is 2.13. The molecule has 1 heterocycles. The zero-order valence-electron chi connectivity index (χ0n) is 11.3. The van der Waals surface area contributed by atoms with Crippen molar-refractivity contribution in [2.24, 2.45) is 5.92 Å². The van der Waals surface area contributed by atoms with Crippen molar-refractivity contribution >= 4 is 17.0 Å². The van der Waals surface area contributed by atoms with Crippen LogP contribution in [0.5, 0.6) is 0 Å². The van der Waals surface area contributed by atoms with Gasteiger partial charge in [-0.15, -0.1) is 0 Å². The van der Waals surface area contributed by atoms with E-state index in [1.807, 2.05) is 6.07 Å². The number of carbonyl (C=O) groups is 1. The number of rotatable bonds is 4. The van der Waals surface area contributed by atoms with Gasteiger partial charge in [-0.1, -0.05) is 13.8 Å². The minimum atomic E-state index is -0.898. The maximum atomic E-state index is 11.0. The number of hydrogen-bond donors (Lipinski definition) is 1. The summed E-state index contributed by atoms with van der Waals surface area (Å²) >= 11 is 0. The molecule has 1 aromatic heterocycles. The number of hydrogen-bond acceptors (Lipinski definition) is 2. The molecular formula is C15H18N2O2. The lowest BCUT2D eigenvalue weighted by molar-refractivity contribution is 0.0697. The number of carboxylic acid groups (broad SMARTS) is 1. The lowest BCUT2D eigenvalue weighted by atomic mass is 10.2. The molecule has 100 valence electrons. The van der Waals surface area contributed by atoms with E-state index in [1.54, 1.807) is 12.1 Å². The molecule has 0 unspecified atom stereocenters. The highest BCUT2D eigenvalue weighted by atomic mass is 16.4. The zero-order chi connectivity index (χ0) is 13.6. The summed E-state index contributed by atoms with van der Waals surface area (Å²) in [6.45, 7) is 5.27. The fraction of sp³-hybridized carbons (Fsp3) is 0.467. The van der Waals surface area contributed by atoms with Crippen LogP contribution in [0.1, 0.15) is 48.8 Å². The third-order valence-corrected chi connectivity index (χ3v) is 3.68. The average molecular weight is 258 g/mol. The number of aromatic carboxylic acids is 1. The SMILES string of the molecule is CC(C)c1nc2cc(C(=O)O)ccc2n1CC1CC1. The van der Waals surface area contributed by atoms with Crippen LogP contribution < -0.4 is 0 Å². The highest BCUT2D eigenvalue weighted by Gasteiger charge is 2.25. The second-order valence-corrected chi connectivity index (χ2v) is 5.69. The Morgan fingerprint density at radius 2 is 2.21 bits per heavy atom. The Hall–Kier alpha value is -1.84. The monoisotopic (exact) mass is 258 g/mol. The van der Waals surface area contributed by atoms with Gasteiger partial charge >= 0.3 is 5.97 Å². The quantitative estimate of drug-likeness (QED) is 0.915. The van der Waals surface area contributed by atoms with Crippen molar-refractivity contribution in [3.63, 3.8) is 0 Å². The summed E-state index contributed by atoms with van der Waals surface area (Å²) in [6.07, 6.45) is 2.59. The molecule has 1 aliphatic carbocycles. The van der Waals surface area contributed by atoms with Crippen LogP contribution in [0.25, 0.3) is 11.0 Å². The molecular weight excluding hydrogens is 240 g/mol. The summed E-state index contributed by atoms with van der Waals surface area (Å²) < 4.78 is 2.27. The third kappa shape index (κ3) is 2.23. The molecule has 2 aromatic rings. The van der Waals surface area contributed by atoms with E-state index in [0.717, 1.165) is 29.3 Å². The number of nitrogens with zero attached hydrogens (tertiary/aromatic N) is 2. The van der Waals surface area contributed by atoms with Crippen molar-refractivity contribution in [1.82, 2.24) is 9.55 Å². The van der Waals surface area contributed by atoms with Crippen molar-refractivity contribution in [2.75, 3.05) is 0 Å². The number of imidazole rings is 1. The van der Waals surface area contributed by atoms with Crippen LogP contribution in [0.2, 0.25) is 0 Å². The minimum Gasteiger partial charge on any atom is -0.478 e. The van der Waals surface area contributed by atoms with Gasteiger partial charge in [0.25, 0.3) is 0 Å². The molecule has 1 aliphatic rings. The van der Waals surface area contributed by atoms with Gasteiger partial charge in [-0.2, -0.15) is 0 Å². The van der Waals surface area contributed by atoms with Crippen molar-refractivity contribution in [1.29, 1.82) is 0 Å². The molecule has 1 saturated carbocycles. The van der Waals surface area contributed by atoms with E-state index < -0.39 is 5.97 Å². The molecule has 0 spiro atoms. The van der Waals surface area contributed by atoms with E-state index in [9.17, 15) is 4.79 Å². The molecule has 0 radical (unpaired) electrons. The van der Waals surface area contributed by atoms with Crippen molar-refractivity contribution in [3.05, 3.63) is 29.6 Å². The van der Waals surface area contributed by atoms with E-state index in [4.69, 9.17) is 5.11 Å². The first-order chi connectivity index (χ1) is 9.06. The predicted octanol–water partition coefficient (Wildman–Crippen LogP) is 3.27. The zero-order valence-corrected chi connectivity index (χ0v) is 11.3. The van der Waals surface area contributed by atoms with Crippen LogP contribution in [-0.4, -0.2) is 20.6 Å². The number of aromatic nitrogens is 2. The topological polar surface area (TPSA) is 55.1 Å². The maximum absolute atomic E-state index is 11.0. The summed E-state index contributed by atoms with van der Waals surface area (Å²) in [5.41, 5.74) is 2.16. The Bertz CT molecular complexity index is 639. The van der Waals surface area contributed by atoms with Gasteiger partial charge in [0.05, 0.1) is 16.6 Å².